The molecule has 1 heterocycles. The van der Waals surface area contributed by atoms with Gasteiger partial charge >= 0.3 is 18.9 Å². The van der Waals surface area contributed by atoms with Crippen LogP contribution in [0.2, 0.25) is 5.02 Å². The molecule has 106 valence electrons. The summed E-state index contributed by atoms with van der Waals surface area (Å²) >= 11 is 6.11. The molecule has 0 radical (unpaired) electrons. The van der Waals surface area contributed by atoms with Crippen molar-refractivity contribution in [1.82, 2.24) is 9.55 Å². The number of imidazole rings is 1. The fourth-order valence-electron chi connectivity index (χ4n) is 1.97. The number of nitrogens with one attached hydrogen (secondary N) is 1. The number of rotatable bonds is 3. The second-order valence-corrected chi connectivity index (χ2v) is 5.12. The van der Waals surface area contributed by atoms with E-state index >= 15 is 0 Å². The fourth-order valence-corrected chi connectivity index (χ4v) is 2.25. The average molecular weight is 297 g/mol. The zero-order chi connectivity index (χ0) is 14.9. The van der Waals surface area contributed by atoms with E-state index in [4.69, 9.17) is 11.6 Å². The van der Waals surface area contributed by atoms with Gasteiger partial charge in [0.15, 0.2) is 0 Å². The maximum absolute atomic E-state index is 12.3. The van der Waals surface area contributed by atoms with Crippen molar-refractivity contribution in [2.45, 2.75) is 19.9 Å². The number of halogens is 1. The third kappa shape index (κ3) is 3.85. The molecule has 4 nitrogen and oxygen atoms in total. The molecule has 2 aromatic rings. The van der Waals surface area contributed by atoms with Crippen LogP contribution in [0.5, 0.6) is 0 Å². The Hall–Kier alpha value is -1.34. The molecule has 1 aromatic heterocycles. The number of nitrogens with zero attached hydrogens (tertiary/aromatic N) is 2. The number of aryl methyl sites for hydroxylation is 1. The topological polar surface area (TPSA) is 46.9 Å². The van der Waals surface area contributed by atoms with Gasteiger partial charge in [-0.2, -0.15) is 0 Å². The molecular weight excluding hydrogens is 281 g/mol. The predicted octanol–water partition coefficient (Wildman–Crippen LogP) is 0.678. The van der Waals surface area contributed by atoms with Crippen LogP contribution in [-0.4, -0.2) is 15.5 Å². The van der Waals surface area contributed by atoms with Crippen LogP contribution in [0.25, 0.3) is 0 Å². The Balaban J connectivity index is 0.00000220. The Morgan fingerprint density at radius 3 is 2.71 bits per heavy atom. The van der Waals surface area contributed by atoms with Gasteiger partial charge in [0.1, 0.15) is 5.69 Å². The summed E-state index contributed by atoms with van der Waals surface area (Å²) < 4.78 is 1.68. The zero-order valence-electron chi connectivity index (χ0n) is 12.5. The van der Waals surface area contributed by atoms with Crippen LogP contribution in [0.3, 0.4) is 0 Å². The molecule has 1 aromatic carbocycles. The molecule has 0 spiro atoms. The van der Waals surface area contributed by atoms with Crippen molar-refractivity contribution in [2.24, 2.45) is 0 Å². The maximum Gasteiger partial charge on any atom is 1.00 e. The second kappa shape index (κ2) is 7.08. The molecule has 1 amide bonds. The standard InChI is InChI=1S/C15H16ClN3O.Li/c1-9(2)19-11(4)17-8-14(19)15(20)18-13-6-5-10(3)7-12(13)16;/h5-9H,1,4H2,2-3H3,(H,18,20);/q-2;+1/t9-;/m0./s1. The first kappa shape index (κ1) is 17.7. The summed E-state index contributed by atoms with van der Waals surface area (Å²) in [4.78, 5) is 16.4. The van der Waals surface area contributed by atoms with Crippen molar-refractivity contribution >= 4 is 23.2 Å². The quantitative estimate of drug-likeness (QED) is 0.669. The molecule has 2 rings (SSSR count). The van der Waals surface area contributed by atoms with Crippen LogP contribution >= 0.6 is 11.6 Å². The minimum absolute atomic E-state index is 0. The molecule has 0 aliphatic heterocycles. The number of anilines is 1. The van der Waals surface area contributed by atoms with Crippen LogP contribution in [0.1, 0.15) is 34.8 Å². The van der Waals surface area contributed by atoms with Crippen molar-refractivity contribution in [3.63, 3.8) is 0 Å². The van der Waals surface area contributed by atoms with Crippen LogP contribution < -0.4 is 24.2 Å². The molecule has 0 aliphatic rings. The van der Waals surface area contributed by atoms with Crippen LogP contribution in [0.4, 0.5) is 5.69 Å². The monoisotopic (exact) mass is 296 g/mol. The summed E-state index contributed by atoms with van der Waals surface area (Å²) in [5.41, 5.74) is 2.01. The predicted molar refractivity (Wildman–Crippen MR) is 80.9 cm³/mol. The fraction of sp³-hybridized carbons (Fsp3) is 0.200. The first-order valence-corrected chi connectivity index (χ1v) is 6.57. The molecule has 1 N–H and O–H groups in total. The van der Waals surface area contributed by atoms with Crippen LogP contribution in [0, 0.1) is 20.8 Å². The number of carbonyl (C=O) groups excluding carboxylic acids is 1. The van der Waals surface area contributed by atoms with E-state index in [1.54, 1.807) is 16.7 Å². The summed E-state index contributed by atoms with van der Waals surface area (Å²) in [6, 6.07) is 5.31. The van der Waals surface area contributed by atoms with Crippen LogP contribution in [-0.2, 0) is 0 Å². The van der Waals surface area contributed by atoms with Gasteiger partial charge < -0.3 is 23.7 Å². The average Bonchev–Trinajstić information content (AvgIpc) is 2.74. The summed E-state index contributed by atoms with van der Waals surface area (Å²) in [6.45, 7) is 11.5. The van der Waals surface area contributed by atoms with E-state index in [-0.39, 0.29) is 30.8 Å². The van der Waals surface area contributed by atoms with Gasteiger partial charge in [0.25, 0.3) is 5.91 Å². The van der Waals surface area contributed by atoms with Gasteiger partial charge in [0, 0.05) is 0 Å². The molecule has 0 aliphatic carbocycles. The third-order valence-electron chi connectivity index (χ3n) is 2.92. The molecule has 0 saturated heterocycles. The molecule has 0 bridgehead atoms. The Bertz CT molecular complexity index is 652. The Labute approximate surface area is 142 Å². The van der Waals surface area contributed by atoms with Gasteiger partial charge in [-0.25, -0.2) is 0 Å². The van der Waals surface area contributed by atoms with Gasteiger partial charge in [0.05, 0.1) is 16.9 Å². The zero-order valence-corrected chi connectivity index (χ0v) is 13.2. The van der Waals surface area contributed by atoms with Gasteiger partial charge in [0.2, 0.25) is 0 Å². The Morgan fingerprint density at radius 2 is 2.14 bits per heavy atom. The summed E-state index contributed by atoms with van der Waals surface area (Å²) in [7, 11) is 0. The van der Waals surface area contributed by atoms with Crippen molar-refractivity contribution in [3.05, 3.63) is 60.3 Å². The molecule has 21 heavy (non-hydrogen) atoms. The first-order chi connectivity index (χ1) is 9.40. The maximum atomic E-state index is 12.3. The van der Waals surface area contributed by atoms with Crippen molar-refractivity contribution in [3.8, 4) is 0 Å². The Kier molecular flexibility index (Phi) is 5.97. The number of aromatic nitrogens is 2. The van der Waals surface area contributed by atoms with E-state index in [0.29, 0.717) is 22.2 Å². The van der Waals surface area contributed by atoms with E-state index in [9.17, 15) is 4.79 Å². The Morgan fingerprint density at radius 1 is 1.48 bits per heavy atom. The van der Waals surface area contributed by atoms with E-state index in [1.807, 2.05) is 19.9 Å². The van der Waals surface area contributed by atoms with Gasteiger partial charge in [-0.1, -0.05) is 30.6 Å². The van der Waals surface area contributed by atoms with Crippen molar-refractivity contribution < 1.29 is 23.7 Å². The van der Waals surface area contributed by atoms with E-state index in [0.717, 1.165) is 5.56 Å². The first-order valence-electron chi connectivity index (χ1n) is 6.20. The molecule has 6 heteroatoms. The van der Waals surface area contributed by atoms with Gasteiger partial charge in [-0.15, -0.1) is 0 Å². The van der Waals surface area contributed by atoms with Gasteiger partial charge in [-0.05, 0) is 30.4 Å². The molecular formula is C15H16ClLiN3O-. The van der Waals surface area contributed by atoms with E-state index in [2.05, 4.69) is 24.1 Å². The van der Waals surface area contributed by atoms with E-state index in [1.165, 1.54) is 6.20 Å². The normalized spacial score (nSPS) is 11.6. The minimum atomic E-state index is -0.284. The minimum Gasteiger partial charge on any atom is -0.378 e. The molecule has 0 fully saturated rings. The third-order valence-corrected chi connectivity index (χ3v) is 3.23. The van der Waals surface area contributed by atoms with Crippen molar-refractivity contribution in [2.75, 3.05) is 5.32 Å². The summed E-state index contributed by atoms with van der Waals surface area (Å²) in [6.07, 6.45) is 1.49. The largest absolute Gasteiger partial charge is 1.00 e. The number of hydrogen-bond donors (Lipinski definition) is 1. The smallest absolute Gasteiger partial charge is 0.378 e. The number of benzene rings is 1. The van der Waals surface area contributed by atoms with Crippen molar-refractivity contribution in [1.29, 1.82) is 0 Å². The van der Waals surface area contributed by atoms with Gasteiger partial charge in [-0.3, -0.25) is 9.78 Å². The molecule has 0 unspecified atom stereocenters. The van der Waals surface area contributed by atoms with E-state index < -0.39 is 0 Å². The molecule has 0 saturated carbocycles. The van der Waals surface area contributed by atoms with Crippen LogP contribution in [0.15, 0.2) is 24.4 Å². The number of hydrogen-bond acceptors (Lipinski definition) is 2. The second-order valence-electron chi connectivity index (χ2n) is 4.72. The molecule has 1 atom stereocenters. The number of amides is 1. The summed E-state index contributed by atoms with van der Waals surface area (Å²) in [5.74, 6) is 0.223. The SMILES string of the molecule is [CH2-]c1ncc(C(=O)Nc2ccc(C)cc2Cl)n1[C@@H]([CH2-])C.[Li+]. The number of carbonyl (C=O) groups is 1. The summed E-state index contributed by atoms with van der Waals surface area (Å²) in [5, 5.41) is 3.28.